The number of hydrogen-bond donors (Lipinski definition) is 8. The lowest BCUT2D eigenvalue weighted by molar-refractivity contribution is -0.222. The zero-order valence-electron chi connectivity index (χ0n) is 40.9. The summed E-state index contributed by atoms with van der Waals surface area (Å²) in [5, 5.41) is 78.7. The summed E-state index contributed by atoms with van der Waals surface area (Å²) in [6, 6.07) is 0. The van der Waals surface area contributed by atoms with E-state index < -0.39 is 93.1 Å². The van der Waals surface area contributed by atoms with Crippen LogP contribution in [-0.4, -0.2) is 112 Å². The lowest BCUT2D eigenvalue weighted by atomic mass is 9.53. The van der Waals surface area contributed by atoms with Gasteiger partial charge in [0, 0.05) is 6.42 Å². The Morgan fingerprint density at radius 2 is 0.662 bits per heavy atom. The van der Waals surface area contributed by atoms with Crippen LogP contribution >= 0.6 is 0 Å². The van der Waals surface area contributed by atoms with Crippen LogP contribution in [0, 0.1) is 21.7 Å². The highest BCUT2D eigenvalue weighted by molar-refractivity contribution is 6.11. The number of carbonyl (C=O) groups excluding carboxylic acids is 3. The van der Waals surface area contributed by atoms with Crippen molar-refractivity contribution in [3.63, 3.8) is 0 Å². The molecule has 18 heteroatoms. The highest BCUT2D eigenvalue weighted by Crippen LogP contribution is 2.53. The van der Waals surface area contributed by atoms with Crippen LogP contribution in [-0.2, 0) is 47.9 Å². The molecule has 0 radical (unpaired) electrons. The van der Waals surface area contributed by atoms with Crippen LogP contribution in [0.15, 0.2) is 0 Å². The molecule has 0 rings (SSSR count). The van der Waals surface area contributed by atoms with Crippen molar-refractivity contribution in [3.05, 3.63) is 0 Å². The van der Waals surface area contributed by atoms with E-state index in [0.29, 0.717) is 6.42 Å². The van der Waals surface area contributed by atoms with Crippen molar-refractivity contribution in [2.75, 3.05) is 0 Å². The van der Waals surface area contributed by atoms with Gasteiger partial charge < -0.3 is 45.6 Å². The average Bonchev–Trinajstić information content (AvgIpc) is 3.21. The molecular formula is C47H82O18. The fourth-order valence-electron chi connectivity index (χ4n) is 9.07. The van der Waals surface area contributed by atoms with Crippen LogP contribution in [0.2, 0.25) is 0 Å². The summed E-state index contributed by atoms with van der Waals surface area (Å²) < 4.78 is 5.12. The summed E-state index contributed by atoms with van der Waals surface area (Å²) in [5.74, 6) is -13.4. The molecule has 18 nitrogen and oxygen atoms in total. The van der Waals surface area contributed by atoms with Crippen molar-refractivity contribution in [2.24, 2.45) is 21.7 Å². The fraction of sp³-hybridized carbons (Fsp3) is 0.809. The van der Waals surface area contributed by atoms with Gasteiger partial charge in [-0.15, -0.1) is 0 Å². The predicted molar refractivity (Wildman–Crippen MR) is 240 cm³/mol. The number of ether oxygens (including phenoxy) is 1. The summed E-state index contributed by atoms with van der Waals surface area (Å²) in [6.45, 7) is 15.5. The number of carbonyl (C=O) groups is 9. The van der Waals surface area contributed by atoms with Gasteiger partial charge in [0.2, 0.25) is 11.2 Å². The molecule has 4 atom stereocenters. The fourth-order valence-corrected chi connectivity index (χ4v) is 9.07. The Morgan fingerprint density at radius 3 is 0.831 bits per heavy atom. The van der Waals surface area contributed by atoms with E-state index in [1.807, 2.05) is 13.8 Å². The smallest absolute Gasteiger partial charge is 0.338 e. The largest absolute Gasteiger partial charge is 0.481 e. The number of carboxylic acids is 6. The van der Waals surface area contributed by atoms with E-state index >= 15 is 0 Å². The second kappa shape index (κ2) is 30.0. The molecule has 0 heterocycles. The monoisotopic (exact) mass is 935 g/mol. The SMILES string of the molecule is CCC(CC)(C(=O)O)C(O)(C(=O)O)C(CC)(C(C)=O)C(=O)O.CCC(CC)(C(=O)O)C(O)(C(=O)O)C(CC)(C(C)=O)C(=O)O.CCCCCCCCCCCCCCCC(=O)OC(C)C. The third-order valence-corrected chi connectivity index (χ3v) is 13.3. The van der Waals surface area contributed by atoms with Crippen LogP contribution in [0.3, 0.4) is 0 Å². The number of aliphatic carboxylic acids is 6. The van der Waals surface area contributed by atoms with Crippen LogP contribution in [0.5, 0.6) is 0 Å². The van der Waals surface area contributed by atoms with E-state index in [9.17, 15) is 84.0 Å². The van der Waals surface area contributed by atoms with Crippen LogP contribution in [0.4, 0.5) is 0 Å². The van der Waals surface area contributed by atoms with Gasteiger partial charge in [-0.25, -0.2) is 9.59 Å². The van der Waals surface area contributed by atoms with E-state index in [0.717, 1.165) is 20.3 Å². The molecule has 0 aromatic carbocycles. The zero-order valence-corrected chi connectivity index (χ0v) is 40.9. The molecule has 0 aliphatic rings. The quantitative estimate of drug-likeness (QED) is 0.0176. The van der Waals surface area contributed by atoms with E-state index in [1.54, 1.807) is 0 Å². The van der Waals surface area contributed by atoms with Crippen molar-refractivity contribution < 1.29 is 88.7 Å². The maximum Gasteiger partial charge on any atom is 0.338 e. The number of hydrogen-bond acceptors (Lipinski definition) is 12. The van der Waals surface area contributed by atoms with Gasteiger partial charge in [-0.3, -0.25) is 33.6 Å². The van der Waals surface area contributed by atoms with Crippen molar-refractivity contribution in [3.8, 4) is 0 Å². The molecule has 0 aromatic heterocycles. The molecule has 0 bridgehead atoms. The van der Waals surface area contributed by atoms with E-state index in [2.05, 4.69) is 6.92 Å². The van der Waals surface area contributed by atoms with Crippen LogP contribution < -0.4 is 0 Å². The molecule has 378 valence electrons. The van der Waals surface area contributed by atoms with Crippen molar-refractivity contribution in [1.82, 2.24) is 0 Å². The summed E-state index contributed by atoms with van der Waals surface area (Å²) in [6.07, 6.45) is 15.5. The summed E-state index contributed by atoms with van der Waals surface area (Å²) in [7, 11) is 0. The molecule has 0 fully saturated rings. The van der Waals surface area contributed by atoms with Crippen LogP contribution in [0.25, 0.3) is 0 Å². The Morgan fingerprint density at radius 1 is 0.400 bits per heavy atom. The van der Waals surface area contributed by atoms with Crippen molar-refractivity contribution >= 4 is 53.4 Å². The molecular weight excluding hydrogens is 852 g/mol. The Kier molecular flexibility index (Phi) is 29.9. The molecule has 0 saturated carbocycles. The van der Waals surface area contributed by atoms with Crippen molar-refractivity contribution in [1.29, 1.82) is 0 Å². The zero-order chi connectivity index (χ0) is 51.6. The first-order valence-electron chi connectivity index (χ1n) is 23.1. The average molecular weight is 935 g/mol. The van der Waals surface area contributed by atoms with Gasteiger partial charge in [0.1, 0.15) is 10.8 Å². The van der Waals surface area contributed by atoms with Gasteiger partial charge in [-0.2, -0.15) is 0 Å². The number of carboxylic acid groups (broad SMARTS) is 6. The van der Waals surface area contributed by atoms with Gasteiger partial charge in [0.05, 0.1) is 6.10 Å². The summed E-state index contributed by atoms with van der Waals surface area (Å²) >= 11 is 0. The van der Waals surface area contributed by atoms with E-state index in [4.69, 9.17) is 4.74 Å². The Hall–Kier alpha value is -4.45. The second-order valence-electron chi connectivity index (χ2n) is 17.0. The Bertz CT molecular complexity index is 1440. The minimum Gasteiger partial charge on any atom is -0.481 e. The minimum absolute atomic E-state index is 0.0273. The van der Waals surface area contributed by atoms with Gasteiger partial charge >= 0.3 is 41.8 Å². The third-order valence-electron chi connectivity index (χ3n) is 13.3. The number of aliphatic hydroxyl groups is 2. The Labute approximate surface area is 384 Å². The van der Waals surface area contributed by atoms with E-state index in [1.165, 1.54) is 119 Å². The molecule has 0 spiro atoms. The molecule has 8 N–H and O–H groups in total. The normalized spacial score (nSPS) is 15.2. The van der Waals surface area contributed by atoms with Crippen LogP contribution in [0.1, 0.15) is 205 Å². The molecule has 0 aliphatic heterocycles. The second-order valence-corrected chi connectivity index (χ2v) is 17.0. The first-order valence-corrected chi connectivity index (χ1v) is 23.1. The maximum atomic E-state index is 12.0. The standard InChI is InChI=1S/C19H38O2.2C14H22O8/c1-4-5-6-7-8-9-10-11-12-13-14-15-16-17-19(20)21-18(2)3;2*1-5-12(6-2,9(16)17)14(22,11(20)21)13(7-3,8(4)15)10(18)19/h18H,4-17H2,1-3H3;2*22H,5-7H2,1-4H3,(H,16,17)(H,18,19)(H,20,21). The number of rotatable bonds is 33. The number of esters is 1. The number of unbranched alkanes of at least 4 members (excludes halogenated alkanes) is 12. The predicted octanol–water partition coefficient (Wildman–Crippen LogP) is 7.95. The van der Waals surface area contributed by atoms with Gasteiger partial charge in [0.15, 0.2) is 22.4 Å². The van der Waals surface area contributed by atoms with E-state index in [-0.39, 0.29) is 37.8 Å². The molecule has 0 saturated heterocycles. The third kappa shape index (κ3) is 14.5. The van der Waals surface area contributed by atoms with Gasteiger partial charge in [0.25, 0.3) is 0 Å². The van der Waals surface area contributed by atoms with Gasteiger partial charge in [-0.1, -0.05) is 126 Å². The maximum absolute atomic E-state index is 12.0. The van der Waals surface area contributed by atoms with Crippen molar-refractivity contribution in [2.45, 2.75) is 222 Å². The topological polar surface area (TPSA) is 325 Å². The molecule has 0 aromatic rings. The molecule has 0 amide bonds. The summed E-state index contributed by atoms with van der Waals surface area (Å²) in [4.78, 5) is 106. The highest BCUT2D eigenvalue weighted by Gasteiger charge is 2.75. The van der Waals surface area contributed by atoms with Gasteiger partial charge in [-0.05, 0) is 72.6 Å². The first-order chi connectivity index (χ1) is 30.1. The Balaban J connectivity index is -0.000000887. The summed E-state index contributed by atoms with van der Waals surface area (Å²) in [5.41, 5.74) is -16.7. The molecule has 65 heavy (non-hydrogen) atoms. The number of ketones is 2. The first kappa shape index (κ1) is 64.8. The number of Topliss-reactive ketones (excluding diaryl/α,β-unsaturated/α-hetero) is 2. The lowest BCUT2D eigenvalue weighted by Gasteiger charge is -2.48. The minimum atomic E-state index is -3.29. The molecule has 0 aliphatic carbocycles. The molecule has 4 unspecified atom stereocenters. The lowest BCUT2D eigenvalue weighted by Crippen LogP contribution is -2.71. The highest BCUT2D eigenvalue weighted by atomic mass is 16.5.